The van der Waals surface area contributed by atoms with Crippen molar-refractivity contribution in [1.29, 1.82) is 0 Å². The minimum atomic E-state index is 0.140. The van der Waals surface area contributed by atoms with Crippen LogP contribution in [0.5, 0.6) is 0 Å². The van der Waals surface area contributed by atoms with E-state index in [0.717, 1.165) is 17.4 Å². The molecule has 1 heterocycles. The van der Waals surface area contributed by atoms with Gasteiger partial charge in [-0.25, -0.2) is 0 Å². The van der Waals surface area contributed by atoms with Gasteiger partial charge in [-0.05, 0) is 25.6 Å². The number of ketones is 1. The first-order chi connectivity index (χ1) is 8.70. The lowest BCUT2D eigenvalue weighted by Gasteiger charge is -2.11. The van der Waals surface area contributed by atoms with Crippen LogP contribution in [0.3, 0.4) is 0 Å². The van der Waals surface area contributed by atoms with Crippen LogP contribution in [0.1, 0.15) is 30.6 Å². The zero-order chi connectivity index (χ0) is 13.0. The summed E-state index contributed by atoms with van der Waals surface area (Å²) in [7, 11) is 0. The Morgan fingerprint density at radius 1 is 1.39 bits per heavy atom. The quantitative estimate of drug-likeness (QED) is 0.820. The van der Waals surface area contributed by atoms with Gasteiger partial charge in [0.25, 0.3) is 0 Å². The summed E-state index contributed by atoms with van der Waals surface area (Å²) in [5, 5.41) is 4.26. The number of nitrogens with zero attached hydrogens (tertiary/aromatic N) is 1. The molecule has 1 aromatic heterocycles. The molecule has 2 aromatic rings. The molecule has 0 saturated carbocycles. The van der Waals surface area contributed by atoms with Gasteiger partial charge in [0.15, 0.2) is 5.78 Å². The van der Waals surface area contributed by atoms with Crippen LogP contribution in [0.25, 0.3) is 10.9 Å². The summed E-state index contributed by atoms with van der Waals surface area (Å²) in [6.07, 6.45) is 2.18. The third kappa shape index (κ3) is 2.93. The van der Waals surface area contributed by atoms with Gasteiger partial charge in [-0.15, -0.1) is 0 Å². The Balaban J connectivity index is 2.17. The molecule has 3 nitrogen and oxygen atoms in total. The van der Waals surface area contributed by atoms with Crippen molar-refractivity contribution in [3.63, 3.8) is 0 Å². The molecule has 1 N–H and O–H groups in total. The maximum Gasteiger partial charge on any atom is 0.165 e. The topological polar surface area (TPSA) is 42.0 Å². The second kappa shape index (κ2) is 5.74. The molecule has 3 heteroatoms. The summed E-state index contributed by atoms with van der Waals surface area (Å²) in [5.41, 5.74) is 1.62. The van der Waals surface area contributed by atoms with E-state index < -0.39 is 0 Å². The third-order valence-corrected chi connectivity index (χ3v) is 2.96. The van der Waals surface area contributed by atoms with Crippen LogP contribution in [0.15, 0.2) is 36.5 Å². The zero-order valence-corrected chi connectivity index (χ0v) is 10.8. The van der Waals surface area contributed by atoms with Gasteiger partial charge in [-0.1, -0.05) is 25.1 Å². The van der Waals surface area contributed by atoms with Crippen LogP contribution in [0.4, 0.5) is 0 Å². The van der Waals surface area contributed by atoms with Crippen molar-refractivity contribution in [3.8, 4) is 0 Å². The lowest BCUT2D eigenvalue weighted by atomic mass is 10.0. The highest BCUT2D eigenvalue weighted by atomic mass is 16.1. The molecule has 0 amide bonds. The Kier molecular flexibility index (Phi) is 4.05. The molecular weight excluding hydrogens is 224 g/mol. The van der Waals surface area contributed by atoms with E-state index >= 15 is 0 Å². The molecule has 94 valence electrons. The Hall–Kier alpha value is -1.74. The first-order valence-electron chi connectivity index (χ1n) is 6.32. The highest BCUT2D eigenvalue weighted by molar-refractivity contribution is 5.99. The third-order valence-electron chi connectivity index (χ3n) is 2.96. The van der Waals surface area contributed by atoms with Crippen LogP contribution < -0.4 is 5.32 Å². The summed E-state index contributed by atoms with van der Waals surface area (Å²) >= 11 is 0. The molecule has 1 unspecified atom stereocenters. The number of rotatable bonds is 5. The number of Topliss-reactive ketones (excluding diaryl/α,β-unsaturated/α-hetero) is 1. The monoisotopic (exact) mass is 242 g/mol. The van der Waals surface area contributed by atoms with Gasteiger partial charge in [-0.3, -0.25) is 9.78 Å². The van der Waals surface area contributed by atoms with Crippen molar-refractivity contribution in [2.75, 3.05) is 6.54 Å². The molecule has 2 rings (SSSR count). The summed E-state index contributed by atoms with van der Waals surface area (Å²) in [6.45, 7) is 4.94. The Morgan fingerprint density at radius 3 is 2.94 bits per heavy atom. The number of carbonyl (C=O) groups is 1. The van der Waals surface area contributed by atoms with E-state index in [9.17, 15) is 4.79 Å². The van der Waals surface area contributed by atoms with Gasteiger partial charge in [0.1, 0.15) is 0 Å². The largest absolute Gasteiger partial charge is 0.314 e. The maximum atomic E-state index is 12.1. The van der Waals surface area contributed by atoms with Gasteiger partial charge < -0.3 is 5.32 Å². The van der Waals surface area contributed by atoms with Crippen LogP contribution in [-0.2, 0) is 0 Å². The fraction of sp³-hybridized carbons (Fsp3) is 0.333. The smallest absolute Gasteiger partial charge is 0.165 e. The van der Waals surface area contributed by atoms with E-state index in [1.54, 1.807) is 6.20 Å². The Labute approximate surface area is 107 Å². The first-order valence-corrected chi connectivity index (χ1v) is 6.32. The van der Waals surface area contributed by atoms with Gasteiger partial charge in [-0.2, -0.15) is 0 Å². The molecule has 0 spiro atoms. The number of hydrogen-bond donors (Lipinski definition) is 1. The molecular formula is C15H18N2O. The predicted molar refractivity (Wildman–Crippen MR) is 73.8 cm³/mol. The summed E-state index contributed by atoms with van der Waals surface area (Å²) in [6, 6.07) is 9.96. The van der Waals surface area contributed by atoms with Crippen molar-refractivity contribution < 1.29 is 4.79 Å². The fourth-order valence-corrected chi connectivity index (χ4v) is 2.04. The zero-order valence-electron chi connectivity index (χ0n) is 10.8. The van der Waals surface area contributed by atoms with Gasteiger partial charge in [0.2, 0.25) is 0 Å². The molecule has 0 aliphatic heterocycles. The number of fused-ring (bicyclic) bond motifs is 1. The Morgan fingerprint density at radius 2 is 2.17 bits per heavy atom. The average Bonchev–Trinajstić information content (AvgIpc) is 2.38. The second-order valence-corrected chi connectivity index (χ2v) is 4.50. The minimum absolute atomic E-state index is 0.140. The molecule has 0 fully saturated rings. The second-order valence-electron chi connectivity index (χ2n) is 4.50. The predicted octanol–water partition coefficient (Wildman–Crippen LogP) is 2.81. The molecule has 18 heavy (non-hydrogen) atoms. The van der Waals surface area contributed by atoms with Gasteiger partial charge >= 0.3 is 0 Å². The van der Waals surface area contributed by atoms with E-state index in [-0.39, 0.29) is 11.8 Å². The molecule has 1 aromatic carbocycles. The van der Waals surface area contributed by atoms with Crippen molar-refractivity contribution >= 4 is 16.7 Å². The highest BCUT2D eigenvalue weighted by Crippen LogP contribution is 2.14. The minimum Gasteiger partial charge on any atom is -0.314 e. The molecule has 0 saturated heterocycles. The number of para-hydroxylation sites is 1. The van der Waals surface area contributed by atoms with Gasteiger partial charge in [0, 0.05) is 29.6 Å². The Bertz CT molecular complexity index is 551. The lowest BCUT2D eigenvalue weighted by molar-refractivity contribution is 0.0971. The first kappa shape index (κ1) is 12.7. The van der Waals surface area contributed by atoms with Crippen LogP contribution in [0.2, 0.25) is 0 Å². The highest BCUT2D eigenvalue weighted by Gasteiger charge is 2.11. The van der Waals surface area contributed by atoms with Crippen molar-refractivity contribution in [3.05, 3.63) is 42.1 Å². The molecule has 0 aliphatic rings. The number of aromatic nitrogens is 1. The van der Waals surface area contributed by atoms with E-state index in [4.69, 9.17) is 0 Å². The van der Waals surface area contributed by atoms with Gasteiger partial charge in [0.05, 0.1) is 5.52 Å². The SMILES string of the molecule is CCNC(C)CC(=O)c1cnc2ccccc2c1. The van der Waals surface area contributed by atoms with Crippen LogP contribution in [0, 0.1) is 0 Å². The number of carbonyl (C=O) groups excluding carboxylic acids is 1. The molecule has 0 radical (unpaired) electrons. The standard InChI is InChI=1S/C15H18N2O/c1-3-16-11(2)8-15(18)13-9-12-6-4-5-7-14(12)17-10-13/h4-7,9-11,16H,3,8H2,1-2H3. The number of hydrogen-bond acceptors (Lipinski definition) is 3. The summed E-state index contributed by atoms with van der Waals surface area (Å²) in [5.74, 6) is 0.140. The van der Waals surface area contributed by atoms with Crippen molar-refractivity contribution in [2.24, 2.45) is 0 Å². The number of pyridine rings is 1. The molecule has 0 bridgehead atoms. The molecule has 0 aliphatic carbocycles. The van der Waals surface area contributed by atoms with Crippen molar-refractivity contribution in [1.82, 2.24) is 10.3 Å². The fourth-order valence-electron chi connectivity index (χ4n) is 2.04. The van der Waals surface area contributed by atoms with Crippen molar-refractivity contribution in [2.45, 2.75) is 26.3 Å². The van der Waals surface area contributed by atoms with E-state index in [1.165, 1.54) is 0 Å². The maximum absolute atomic E-state index is 12.1. The van der Waals surface area contributed by atoms with Crippen LogP contribution >= 0.6 is 0 Å². The number of nitrogens with one attached hydrogen (secondary N) is 1. The van der Waals surface area contributed by atoms with Crippen LogP contribution in [-0.4, -0.2) is 23.4 Å². The van der Waals surface area contributed by atoms with E-state index in [1.807, 2.05) is 44.2 Å². The molecule has 1 atom stereocenters. The lowest BCUT2D eigenvalue weighted by Crippen LogP contribution is -2.28. The summed E-state index contributed by atoms with van der Waals surface area (Å²) in [4.78, 5) is 16.4. The average molecular weight is 242 g/mol. The van der Waals surface area contributed by atoms with E-state index in [2.05, 4.69) is 10.3 Å². The normalized spacial score (nSPS) is 12.6. The summed E-state index contributed by atoms with van der Waals surface area (Å²) < 4.78 is 0. The number of benzene rings is 1. The van der Waals surface area contributed by atoms with E-state index in [0.29, 0.717) is 12.0 Å².